The van der Waals surface area contributed by atoms with Crippen molar-refractivity contribution in [3.05, 3.63) is 29.6 Å². The molecule has 1 unspecified atom stereocenters. The van der Waals surface area contributed by atoms with Gasteiger partial charge in [-0.2, -0.15) is 0 Å². The van der Waals surface area contributed by atoms with E-state index >= 15 is 0 Å². The zero-order valence-corrected chi connectivity index (χ0v) is 11.8. The van der Waals surface area contributed by atoms with Crippen LogP contribution in [-0.4, -0.2) is 37.7 Å². The number of rotatable bonds is 5. The molecule has 1 aromatic carbocycles. The maximum absolute atomic E-state index is 13.6. The molecule has 4 heteroatoms. The summed E-state index contributed by atoms with van der Waals surface area (Å²) in [6, 6.07) is 5.66. The molecule has 1 fully saturated rings. The minimum Gasteiger partial charge on any atom is -0.494 e. The predicted molar refractivity (Wildman–Crippen MR) is 74.9 cm³/mol. The van der Waals surface area contributed by atoms with Gasteiger partial charge in [0.25, 0.3) is 0 Å². The lowest BCUT2D eigenvalue weighted by Gasteiger charge is -2.32. The highest BCUT2D eigenvalue weighted by molar-refractivity contribution is 5.29. The van der Waals surface area contributed by atoms with Crippen LogP contribution in [0, 0.1) is 5.82 Å². The molecule has 1 aromatic rings. The minimum atomic E-state index is -0.291. The van der Waals surface area contributed by atoms with E-state index < -0.39 is 0 Å². The van der Waals surface area contributed by atoms with Crippen molar-refractivity contribution < 1.29 is 9.13 Å². The number of nitrogens with one attached hydrogen (secondary N) is 1. The summed E-state index contributed by atoms with van der Waals surface area (Å²) in [6.45, 7) is 6.31. The number of hydrogen-bond donors (Lipinski definition) is 1. The van der Waals surface area contributed by atoms with Gasteiger partial charge in [-0.15, -0.1) is 0 Å². The number of ether oxygens (including phenoxy) is 1. The summed E-state index contributed by atoms with van der Waals surface area (Å²) in [5.41, 5.74) is 0.965. The van der Waals surface area contributed by atoms with Crippen molar-refractivity contribution in [2.24, 2.45) is 0 Å². The van der Waals surface area contributed by atoms with Gasteiger partial charge in [-0.25, -0.2) is 4.39 Å². The highest BCUT2D eigenvalue weighted by Gasteiger charge is 2.17. The fourth-order valence-electron chi connectivity index (χ4n) is 2.59. The van der Waals surface area contributed by atoms with Gasteiger partial charge in [-0.05, 0) is 43.6 Å². The van der Waals surface area contributed by atoms with Gasteiger partial charge in [0.2, 0.25) is 0 Å². The Labute approximate surface area is 114 Å². The third-order valence-corrected chi connectivity index (χ3v) is 3.76. The Hall–Kier alpha value is -1.13. The van der Waals surface area contributed by atoms with Crippen molar-refractivity contribution in [2.75, 3.05) is 26.7 Å². The fraction of sp³-hybridized carbons (Fsp3) is 0.600. The van der Waals surface area contributed by atoms with Gasteiger partial charge in [-0.3, -0.25) is 0 Å². The maximum Gasteiger partial charge on any atom is 0.165 e. The molecule has 3 nitrogen and oxygen atoms in total. The molecule has 0 aliphatic carbocycles. The van der Waals surface area contributed by atoms with Crippen LogP contribution in [0.25, 0.3) is 0 Å². The lowest BCUT2D eigenvalue weighted by Crippen LogP contribution is -2.45. The number of benzene rings is 1. The van der Waals surface area contributed by atoms with Crippen LogP contribution in [-0.2, 0) is 6.54 Å². The zero-order chi connectivity index (χ0) is 13.7. The lowest BCUT2D eigenvalue weighted by atomic mass is 10.1. The summed E-state index contributed by atoms with van der Waals surface area (Å²) in [7, 11) is 1.48. The molecule has 0 amide bonds. The molecule has 0 radical (unpaired) electrons. The van der Waals surface area contributed by atoms with Crippen LogP contribution in [0.4, 0.5) is 4.39 Å². The lowest BCUT2D eigenvalue weighted by molar-refractivity contribution is 0.198. The van der Waals surface area contributed by atoms with Crippen LogP contribution in [0.1, 0.15) is 25.3 Å². The molecule has 106 valence electrons. The number of piperidine rings is 1. The Kier molecular flexibility index (Phi) is 5.16. The first-order valence-electron chi connectivity index (χ1n) is 7.01. The van der Waals surface area contributed by atoms with E-state index in [0.29, 0.717) is 18.3 Å². The Morgan fingerprint density at radius 2 is 2.32 bits per heavy atom. The number of halogens is 1. The average molecular weight is 266 g/mol. The summed E-state index contributed by atoms with van der Waals surface area (Å²) >= 11 is 0. The molecular weight excluding hydrogens is 243 g/mol. The zero-order valence-electron chi connectivity index (χ0n) is 11.8. The van der Waals surface area contributed by atoms with Crippen LogP contribution >= 0.6 is 0 Å². The highest BCUT2D eigenvalue weighted by atomic mass is 19.1. The summed E-state index contributed by atoms with van der Waals surface area (Å²) in [5.74, 6) is 0.0132. The molecule has 0 aromatic heterocycles. The number of likely N-dealkylation sites (N-methyl/N-ethyl adjacent to an activating group) is 1. The third-order valence-electron chi connectivity index (χ3n) is 3.76. The van der Waals surface area contributed by atoms with Crippen molar-refractivity contribution in [1.82, 2.24) is 10.2 Å². The van der Waals surface area contributed by atoms with Crippen LogP contribution < -0.4 is 10.1 Å². The number of methoxy groups -OCH3 is 1. The Bertz CT molecular complexity index is 411. The van der Waals surface area contributed by atoms with E-state index in [1.165, 1.54) is 26.5 Å². The molecule has 0 saturated carbocycles. The molecule has 1 heterocycles. The van der Waals surface area contributed by atoms with Crippen LogP contribution in [0.15, 0.2) is 18.2 Å². The van der Waals surface area contributed by atoms with Gasteiger partial charge in [0.15, 0.2) is 11.6 Å². The van der Waals surface area contributed by atoms with Crippen molar-refractivity contribution in [3.63, 3.8) is 0 Å². The summed E-state index contributed by atoms with van der Waals surface area (Å²) in [5, 5.41) is 3.52. The molecule has 2 rings (SSSR count). The molecule has 1 aliphatic heterocycles. The standard InChI is InChI=1S/C15H23FN2O/c1-3-18-8-4-5-13(11-18)17-10-12-6-7-15(19-2)14(16)9-12/h6-7,9,13,17H,3-5,8,10-11H2,1-2H3. The summed E-state index contributed by atoms with van der Waals surface area (Å²) < 4.78 is 18.5. The van der Waals surface area contributed by atoms with E-state index in [-0.39, 0.29) is 5.82 Å². The van der Waals surface area contributed by atoms with Gasteiger partial charge in [0.05, 0.1) is 7.11 Å². The monoisotopic (exact) mass is 266 g/mol. The number of likely N-dealkylation sites (tertiary alicyclic amines) is 1. The predicted octanol–water partition coefficient (Wildman–Crippen LogP) is 2.41. The van der Waals surface area contributed by atoms with E-state index in [9.17, 15) is 4.39 Å². The van der Waals surface area contributed by atoms with Crippen LogP contribution in [0.5, 0.6) is 5.75 Å². The molecule has 19 heavy (non-hydrogen) atoms. The molecular formula is C15H23FN2O. The van der Waals surface area contributed by atoms with Gasteiger partial charge in [0, 0.05) is 19.1 Å². The first-order chi connectivity index (χ1) is 9.22. The number of nitrogens with zero attached hydrogens (tertiary/aromatic N) is 1. The second kappa shape index (κ2) is 6.87. The van der Waals surface area contributed by atoms with Gasteiger partial charge in [-0.1, -0.05) is 13.0 Å². The first kappa shape index (κ1) is 14.3. The van der Waals surface area contributed by atoms with E-state index in [1.54, 1.807) is 12.1 Å². The van der Waals surface area contributed by atoms with Gasteiger partial charge < -0.3 is 15.0 Å². The Morgan fingerprint density at radius 3 is 3.00 bits per heavy atom. The summed E-state index contributed by atoms with van der Waals surface area (Å²) in [6.07, 6.45) is 2.44. The van der Waals surface area contributed by atoms with Crippen molar-refractivity contribution in [2.45, 2.75) is 32.4 Å². The second-order valence-corrected chi connectivity index (χ2v) is 5.08. The van der Waals surface area contributed by atoms with Gasteiger partial charge in [0.1, 0.15) is 0 Å². The fourth-order valence-corrected chi connectivity index (χ4v) is 2.59. The smallest absolute Gasteiger partial charge is 0.165 e. The van der Waals surface area contributed by atoms with E-state index in [1.807, 2.05) is 6.07 Å². The van der Waals surface area contributed by atoms with Crippen molar-refractivity contribution in [1.29, 1.82) is 0 Å². The molecule has 1 aliphatic rings. The summed E-state index contributed by atoms with van der Waals surface area (Å²) in [4.78, 5) is 2.45. The van der Waals surface area contributed by atoms with E-state index in [4.69, 9.17) is 4.74 Å². The third kappa shape index (κ3) is 3.91. The SMILES string of the molecule is CCN1CCCC(NCc2ccc(OC)c(F)c2)C1. The average Bonchev–Trinajstić information content (AvgIpc) is 2.45. The van der Waals surface area contributed by atoms with Crippen molar-refractivity contribution >= 4 is 0 Å². The van der Waals surface area contributed by atoms with Crippen LogP contribution in [0.2, 0.25) is 0 Å². The molecule has 1 atom stereocenters. The molecule has 0 spiro atoms. The maximum atomic E-state index is 13.6. The van der Waals surface area contributed by atoms with E-state index in [0.717, 1.165) is 18.7 Å². The van der Waals surface area contributed by atoms with Crippen molar-refractivity contribution in [3.8, 4) is 5.75 Å². The quantitative estimate of drug-likeness (QED) is 0.885. The largest absolute Gasteiger partial charge is 0.494 e. The number of hydrogen-bond acceptors (Lipinski definition) is 3. The van der Waals surface area contributed by atoms with Gasteiger partial charge >= 0.3 is 0 Å². The molecule has 1 saturated heterocycles. The minimum absolute atomic E-state index is 0.291. The second-order valence-electron chi connectivity index (χ2n) is 5.08. The van der Waals surface area contributed by atoms with Crippen LogP contribution in [0.3, 0.4) is 0 Å². The normalized spacial score (nSPS) is 20.5. The van der Waals surface area contributed by atoms with E-state index in [2.05, 4.69) is 17.1 Å². The highest BCUT2D eigenvalue weighted by Crippen LogP contribution is 2.18. The molecule has 1 N–H and O–H groups in total. The Morgan fingerprint density at radius 1 is 1.47 bits per heavy atom. The molecule has 0 bridgehead atoms. The Balaban J connectivity index is 1.86. The first-order valence-corrected chi connectivity index (χ1v) is 7.01. The topological polar surface area (TPSA) is 24.5 Å².